The van der Waals surface area contributed by atoms with Gasteiger partial charge in [-0.1, -0.05) is 38.2 Å². The molecule has 1 aromatic heterocycles. The van der Waals surface area contributed by atoms with Crippen molar-refractivity contribution in [3.05, 3.63) is 28.8 Å². The molecule has 0 bridgehead atoms. The molecule has 0 atom stereocenters. The number of para-hydroxylation sites is 1. The van der Waals surface area contributed by atoms with E-state index in [-0.39, 0.29) is 5.82 Å². The third-order valence-corrected chi connectivity index (χ3v) is 4.44. The van der Waals surface area contributed by atoms with Crippen LogP contribution in [0, 0.1) is 10.6 Å². The third-order valence-electron chi connectivity index (χ3n) is 4.14. The molecule has 0 aliphatic heterocycles. The molecule has 0 spiro atoms. The molecule has 0 radical (unpaired) electrons. The molecule has 1 heterocycles. The van der Waals surface area contributed by atoms with Crippen molar-refractivity contribution in [1.29, 1.82) is 0 Å². The van der Waals surface area contributed by atoms with E-state index in [1.165, 1.54) is 38.2 Å². The molecular formula is C15H19FN2S. The molecule has 3 rings (SSSR count). The number of nitrogens with one attached hydrogen (secondary N) is 1. The lowest BCUT2D eigenvalue weighted by atomic mass is 9.96. The molecule has 1 fully saturated rings. The van der Waals surface area contributed by atoms with Crippen LogP contribution in [0.25, 0.3) is 11.0 Å². The molecule has 19 heavy (non-hydrogen) atoms. The second-order valence-corrected chi connectivity index (χ2v) is 5.82. The van der Waals surface area contributed by atoms with Gasteiger partial charge in [0.1, 0.15) is 11.3 Å². The highest BCUT2D eigenvalue weighted by Gasteiger charge is 2.17. The number of aromatic amines is 1. The first-order valence-electron chi connectivity index (χ1n) is 7.16. The summed E-state index contributed by atoms with van der Waals surface area (Å²) < 4.78 is 16.6. The standard InChI is InChI=1S/C15H19FN2S/c16-12-9-6-10-13-14(12)17-15(19)18(13)11-7-4-2-1-3-5-8-11/h6,9-11H,1-5,7-8H2,(H,17,19). The quantitative estimate of drug-likeness (QED) is 0.718. The molecule has 1 aliphatic carbocycles. The Morgan fingerprint density at radius 1 is 1.11 bits per heavy atom. The van der Waals surface area contributed by atoms with Crippen molar-refractivity contribution in [3.63, 3.8) is 0 Å². The fraction of sp³-hybridized carbons (Fsp3) is 0.533. The largest absolute Gasteiger partial charge is 0.328 e. The van der Waals surface area contributed by atoms with Crippen molar-refractivity contribution in [1.82, 2.24) is 9.55 Å². The van der Waals surface area contributed by atoms with Crippen molar-refractivity contribution in [3.8, 4) is 0 Å². The number of aromatic nitrogens is 2. The average Bonchev–Trinajstić information content (AvgIpc) is 2.68. The van der Waals surface area contributed by atoms with Gasteiger partial charge in [-0.3, -0.25) is 0 Å². The van der Waals surface area contributed by atoms with E-state index in [1.807, 2.05) is 6.07 Å². The average molecular weight is 278 g/mol. The summed E-state index contributed by atoms with van der Waals surface area (Å²) in [6, 6.07) is 5.63. The Hall–Kier alpha value is -1.16. The van der Waals surface area contributed by atoms with Crippen LogP contribution in [0.5, 0.6) is 0 Å². The van der Waals surface area contributed by atoms with Gasteiger partial charge in [0, 0.05) is 6.04 Å². The molecule has 1 aliphatic rings. The summed E-state index contributed by atoms with van der Waals surface area (Å²) in [5.41, 5.74) is 1.46. The zero-order valence-corrected chi connectivity index (χ0v) is 11.8. The number of benzene rings is 1. The summed E-state index contributed by atoms with van der Waals surface area (Å²) in [5.74, 6) is -0.215. The van der Waals surface area contributed by atoms with Crippen LogP contribution in [0.1, 0.15) is 51.0 Å². The molecule has 1 saturated carbocycles. The summed E-state index contributed by atoms with van der Waals surface area (Å²) >= 11 is 5.41. The van der Waals surface area contributed by atoms with E-state index in [0.29, 0.717) is 16.3 Å². The summed E-state index contributed by atoms with van der Waals surface area (Å²) in [7, 11) is 0. The van der Waals surface area contributed by atoms with Crippen molar-refractivity contribution in [2.45, 2.75) is 51.0 Å². The van der Waals surface area contributed by atoms with E-state index in [9.17, 15) is 4.39 Å². The van der Waals surface area contributed by atoms with Crippen LogP contribution in [0.4, 0.5) is 4.39 Å². The van der Waals surface area contributed by atoms with Crippen molar-refractivity contribution < 1.29 is 4.39 Å². The Labute approximate surface area is 117 Å². The van der Waals surface area contributed by atoms with Crippen LogP contribution in [-0.2, 0) is 0 Å². The summed E-state index contributed by atoms with van der Waals surface area (Å²) in [6.07, 6.45) is 8.75. The number of halogens is 1. The maximum absolute atomic E-state index is 13.8. The first-order chi connectivity index (χ1) is 9.27. The predicted molar refractivity (Wildman–Crippen MR) is 78.4 cm³/mol. The van der Waals surface area contributed by atoms with E-state index in [2.05, 4.69) is 9.55 Å². The van der Waals surface area contributed by atoms with Gasteiger partial charge >= 0.3 is 0 Å². The fourth-order valence-corrected chi connectivity index (χ4v) is 3.52. The Morgan fingerprint density at radius 3 is 2.53 bits per heavy atom. The van der Waals surface area contributed by atoms with Crippen molar-refractivity contribution >= 4 is 23.3 Å². The molecule has 0 unspecified atom stereocenters. The minimum Gasteiger partial charge on any atom is -0.328 e. The second kappa shape index (κ2) is 5.45. The van der Waals surface area contributed by atoms with E-state index in [1.54, 1.807) is 6.07 Å². The number of hydrogen-bond acceptors (Lipinski definition) is 1. The van der Waals surface area contributed by atoms with Gasteiger partial charge in [-0.05, 0) is 37.2 Å². The lowest BCUT2D eigenvalue weighted by Crippen LogP contribution is -2.11. The molecule has 0 saturated heterocycles. The molecule has 0 amide bonds. The minimum atomic E-state index is -0.215. The third kappa shape index (κ3) is 2.46. The van der Waals surface area contributed by atoms with Crippen LogP contribution < -0.4 is 0 Å². The van der Waals surface area contributed by atoms with Crippen LogP contribution in [0.15, 0.2) is 18.2 Å². The SMILES string of the molecule is Fc1cccc2c1[nH]c(=S)n2C1CCCCCCC1. The Balaban J connectivity index is 2.05. The zero-order valence-electron chi connectivity index (χ0n) is 11.0. The van der Waals surface area contributed by atoms with Gasteiger partial charge in [-0.2, -0.15) is 0 Å². The molecule has 1 aromatic carbocycles. The number of fused-ring (bicyclic) bond motifs is 1. The second-order valence-electron chi connectivity index (χ2n) is 5.43. The van der Waals surface area contributed by atoms with Gasteiger partial charge in [0.2, 0.25) is 0 Å². The number of imidazole rings is 1. The molecule has 1 N–H and O–H groups in total. The van der Waals surface area contributed by atoms with E-state index in [4.69, 9.17) is 12.2 Å². The van der Waals surface area contributed by atoms with Crippen LogP contribution in [0.3, 0.4) is 0 Å². The van der Waals surface area contributed by atoms with E-state index >= 15 is 0 Å². The lowest BCUT2D eigenvalue weighted by molar-refractivity contribution is 0.376. The van der Waals surface area contributed by atoms with Crippen LogP contribution in [-0.4, -0.2) is 9.55 Å². The smallest absolute Gasteiger partial charge is 0.178 e. The first kappa shape index (κ1) is 12.9. The maximum atomic E-state index is 13.8. The molecule has 102 valence electrons. The maximum Gasteiger partial charge on any atom is 0.178 e. The number of H-pyrrole nitrogens is 1. The summed E-state index contributed by atoms with van der Waals surface area (Å²) in [6.45, 7) is 0. The predicted octanol–water partition coefficient (Wildman–Crippen LogP) is 5.12. The monoisotopic (exact) mass is 278 g/mol. The number of rotatable bonds is 1. The fourth-order valence-electron chi connectivity index (χ4n) is 3.17. The van der Waals surface area contributed by atoms with Gasteiger partial charge < -0.3 is 9.55 Å². The molecule has 4 heteroatoms. The van der Waals surface area contributed by atoms with E-state index in [0.717, 1.165) is 18.4 Å². The number of nitrogens with zero attached hydrogens (tertiary/aromatic N) is 1. The summed E-state index contributed by atoms with van der Waals surface area (Å²) in [4.78, 5) is 3.03. The minimum absolute atomic E-state index is 0.215. The van der Waals surface area contributed by atoms with Gasteiger partial charge in [0.25, 0.3) is 0 Å². The van der Waals surface area contributed by atoms with Gasteiger partial charge in [0.05, 0.1) is 5.52 Å². The van der Waals surface area contributed by atoms with Crippen LogP contribution >= 0.6 is 12.2 Å². The molecule has 2 aromatic rings. The lowest BCUT2D eigenvalue weighted by Gasteiger charge is -2.21. The highest BCUT2D eigenvalue weighted by atomic mass is 32.1. The van der Waals surface area contributed by atoms with E-state index < -0.39 is 0 Å². The Kier molecular flexibility index (Phi) is 3.69. The highest BCUT2D eigenvalue weighted by molar-refractivity contribution is 7.71. The molecule has 2 nitrogen and oxygen atoms in total. The Morgan fingerprint density at radius 2 is 1.79 bits per heavy atom. The van der Waals surface area contributed by atoms with Crippen molar-refractivity contribution in [2.75, 3.05) is 0 Å². The number of hydrogen-bond donors (Lipinski definition) is 1. The van der Waals surface area contributed by atoms with Gasteiger partial charge in [0.15, 0.2) is 4.77 Å². The summed E-state index contributed by atoms with van der Waals surface area (Å²) in [5, 5.41) is 0. The van der Waals surface area contributed by atoms with Crippen molar-refractivity contribution in [2.24, 2.45) is 0 Å². The normalized spacial score (nSPS) is 18.4. The Bertz CT molecular complexity index is 621. The van der Waals surface area contributed by atoms with Gasteiger partial charge in [-0.25, -0.2) is 4.39 Å². The van der Waals surface area contributed by atoms with Crippen LogP contribution in [0.2, 0.25) is 0 Å². The first-order valence-corrected chi connectivity index (χ1v) is 7.57. The highest BCUT2D eigenvalue weighted by Crippen LogP contribution is 2.30. The zero-order chi connectivity index (χ0) is 13.2. The van der Waals surface area contributed by atoms with Gasteiger partial charge in [-0.15, -0.1) is 0 Å². The topological polar surface area (TPSA) is 20.7 Å². The molecular weight excluding hydrogens is 259 g/mol.